The van der Waals surface area contributed by atoms with E-state index in [2.05, 4.69) is 39.2 Å². The summed E-state index contributed by atoms with van der Waals surface area (Å²) in [4.78, 5) is -0.188. The minimum Gasteiger partial charge on any atom is -0.506 e. The fourth-order valence-electron chi connectivity index (χ4n) is 3.16. The molecule has 0 unspecified atom stereocenters. The summed E-state index contributed by atoms with van der Waals surface area (Å²) < 4.78 is 43.9. The molecular formula is C20H20N4O12S3. The monoisotopic (exact) mass is 604 g/mol. The Kier molecular flexibility index (Phi) is 11.2. The van der Waals surface area contributed by atoms with Gasteiger partial charge >= 0.3 is 0 Å². The summed E-state index contributed by atoms with van der Waals surface area (Å²) in [5.74, 6) is -1.61. The number of rotatable bonds is 14. The van der Waals surface area contributed by atoms with Gasteiger partial charge in [0.2, 0.25) is 0 Å². The molecule has 0 aliphatic carbocycles. The summed E-state index contributed by atoms with van der Waals surface area (Å²) in [6.07, 6.45) is 0. The van der Waals surface area contributed by atoms with Crippen LogP contribution in [0.5, 0.6) is 17.2 Å². The van der Waals surface area contributed by atoms with E-state index in [4.69, 9.17) is 19.4 Å². The summed E-state index contributed by atoms with van der Waals surface area (Å²) in [5.41, 5.74) is 0.124. The highest BCUT2D eigenvalue weighted by Gasteiger charge is 2.23. The molecule has 16 nitrogen and oxygen atoms in total. The predicted octanol–water partition coefficient (Wildman–Crippen LogP) is 5.59. The summed E-state index contributed by atoms with van der Waals surface area (Å²) in [6.45, 7) is -0.357. The van der Waals surface area contributed by atoms with Crippen molar-refractivity contribution in [3.05, 3.63) is 36.4 Å². The van der Waals surface area contributed by atoms with E-state index in [0.717, 1.165) is 12.1 Å². The third kappa shape index (κ3) is 7.73. The van der Waals surface area contributed by atoms with Gasteiger partial charge in [-0.25, -0.2) is 18.9 Å². The number of phenols is 2. The van der Waals surface area contributed by atoms with Crippen molar-refractivity contribution in [1.29, 1.82) is 0 Å². The third-order valence-corrected chi connectivity index (χ3v) is 7.49. The molecule has 210 valence electrons. The molecular weight excluding hydrogens is 584 g/mol. The first-order valence-electron chi connectivity index (χ1n) is 10.3. The van der Waals surface area contributed by atoms with Crippen molar-refractivity contribution in [2.75, 3.05) is 26.5 Å². The Morgan fingerprint density at radius 1 is 0.974 bits per heavy atom. The minimum atomic E-state index is -4.02. The van der Waals surface area contributed by atoms with Crippen molar-refractivity contribution in [3.63, 3.8) is 0 Å². The summed E-state index contributed by atoms with van der Waals surface area (Å²) in [6, 6.07) is 8.49. The molecule has 4 N–H and O–H groups in total. The van der Waals surface area contributed by atoms with E-state index in [1.807, 2.05) is 0 Å². The van der Waals surface area contributed by atoms with Crippen molar-refractivity contribution in [3.8, 4) is 17.2 Å². The van der Waals surface area contributed by atoms with Gasteiger partial charge in [-0.3, -0.25) is 4.18 Å². The van der Waals surface area contributed by atoms with Crippen LogP contribution in [0.25, 0.3) is 10.8 Å². The van der Waals surface area contributed by atoms with Crippen LogP contribution in [0.3, 0.4) is 0 Å². The maximum absolute atomic E-state index is 12.7. The highest BCUT2D eigenvalue weighted by atomic mass is 32.2. The van der Waals surface area contributed by atoms with E-state index in [1.54, 1.807) is 24.3 Å². The average molecular weight is 605 g/mol. The van der Waals surface area contributed by atoms with Crippen LogP contribution in [-0.2, 0) is 32.8 Å². The molecule has 0 radical (unpaired) electrons. The zero-order valence-corrected chi connectivity index (χ0v) is 22.4. The first-order valence-corrected chi connectivity index (χ1v) is 13.4. The number of sulfone groups is 1. The van der Waals surface area contributed by atoms with E-state index in [9.17, 15) is 18.6 Å². The molecule has 0 aliphatic heterocycles. The lowest BCUT2D eigenvalue weighted by atomic mass is 10.1. The highest BCUT2D eigenvalue weighted by molar-refractivity contribution is 7.94. The summed E-state index contributed by atoms with van der Waals surface area (Å²) >= 11 is 0.730. The lowest BCUT2D eigenvalue weighted by Gasteiger charge is -2.12. The third-order valence-electron chi connectivity index (χ3n) is 4.80. The van der Waals surface area contributed by atoms with Crippen LogP contribution in [0, 0.1) is 0 Å². The van der Waals surface area contributed by atoms with Gasteiger partial charge in [0, 0.05) is 24.6 Å². The largest absolute Gasteiger partial charge is 0.506 e. The maximum atomic E-state index is 12.7. The quantitative estimate of drug-likeness (QED) is 0.0579. The first-order chi connectivity index (χ1) is 18.7. The maximum Gasteiger partial charge on any atom is 0.197 e. The number of phenolic OH excluding ortho intramolecular Hbond substituents is 2. The van der Waals surface area contributed by atoms with Gasteiger partial charge in [-0.2, -0.15) is 10.2 Å². The second-order valence-corrected chi connectivity index (χ2v) is 10.4. The molecule has 0 atom stereocenters. The zero-order valence-electron chi connectivity index (χ0n) is 19.9. The number of fused-ring (bicyclic) bond motifs is 1. The molecule has 3 aromatic rings. The molecule has 0 aliphatic rings. The van der Waals surface area contributed by atoms with Crippen LogP contribution >= 0.6 is 24.4 Å². The van der Waals surface area contributed by atoms with Crippen LogP contribution in [0.2, 0.25) is 0 Å². The Labute approximate surface area is 229 Å². The zero-order chi connectivity index (χ0) is 28.4. The summed E-state index contributed by atoms with van der Waals surface area (Å²) in [5, 5.41) is 61.5. The van der Waals surface area contributed by atoms with Gasteiger partial charge in [-0.15, -0.1) is 18.9 Å². The number of hydrogen-bond donors (Lipinski definition) is 4. The molecule has 0 spiro atoms. The average Bonchev–Trinajstić information content (AvgIpc) is 2.92. The Morgan fingerprint density at radius 2 is 1.74 bits per heavy atom. The van der Waals surface area contributed by atoms with E-state index >= 15 is 0 Å². The lowest BCUT2D eigenvalue weighted by molar-refractivity contribution is -0.434. The van der Waals surface area contributed by atoms with Crippen LogP contribution in [-0.4, -0.2) is 55.7 Å². The number of benzene rings is 3. The van der Waals surface area contributed by atoms with E-state index in [-0.39, 0.29) is 51.6 Å². The standard InChI is InChI=1S/C20H20N4O12S3/c1-21-22-12-4-3-11-7-17(37-35-33-27)19(20(26)13(11)8-12)24-23-14-9-16(31-2)18(10-15(14)25)39(29,30)6-5-32-38-36-34-28/h3-4,7-10,25-28H,5-6H2,1-2H3/b22-21+,24-23?. The normalized spacial score (nSPS) is 12.2. The molecule has 0 saturated heterocycles. The molecule has 0 heterocycles. The molecule has 0 fully saturated rings. The van der Waals surface area contributed by atoms with Crippen LogP contribution in [0.4, 0.5) is 17.1 Å². The van der Waals surface area contributed by atoms with E-state index in [1.165, 1.54) is 14.2 Å². The number of methoxy groups -OCH3 is 1. The minimum absolute atomic E-state index is 0.131. The van der Waals surface area contributed by atoms with Gasteiger partial charge in [0.15, 0.2) is 27.9 Å². The van der Waals surface area contributed by atoms with Gasteiger partial charge in [0.25, 0.3) is 0 Å². The van der Waals surface area contributed by atoms with Crippen molar-refractivity contribution in [2.45, 2.75) is 9.79 Å². The van der Waals surface area contributed by atoms with Crippen molar-refractivity contribution < 1.29 is 56.8 Å². The molecule has 19 heteroatoms. The number of nitrogens with zero attached hydrogens (tertiary/aromatic N) is 4. The topological polar surface area (TPSA) is 220 Å². The molecule has 0 bridgehead atoms. The van der Waals surface area contributed by atoms with Crippen LogP contribution < -0.4 is 4.74 Å². The van der Waals surface area contributed by atoms with E-state index in [0.29, 0.717) is 28.5 Å². The molecule has 3 aromatic carbocycles. The van der Waals surface area contributed by atoms with Crippen LogP contribution in [0.1, 0.15) is 0 Å². The number of ether oxygens (including phenoxy) is 1. The van der Waals surface area contributed by atoms with Crippen LogP contribution in [0.15, 0.2) is 66.6 Å². The van der Waals surface area contributed by atoms with E-state index < -0.39 is 21.3 Å². The fraction of sp³-hybridized carbons (Fsp3) is 0.200. The van der Waals surface area contributed by atoms with Crippen molar-refractivity contribution in [1.82, 2.24) is 0 Å². The molecule has 0 amide bonds. The number of aromatic hydroxyl groups is 2. The molecule has 39 heavy (non-hydrogen) atoms. The van der Waals surface area contributed by atoms with Crippen molar-refractivity contribution in [2.24, 2.45) is 20.5 Å². The number of azo groups is 2. The summed E-state index contributed by atoms with van der Waals surface area (Å²) in [7, 11) is -1.32. The van der Waals surface area contributed by atoms with Gasteiger partial charge in [0.05, 0.1) is 42.1 Å². The van der Waals surface area contributed by atoms with Gasteiger partial charge in [-0.05, 0) is 23.6 Å². The lowest BCUT2D eigenvalue weighted by Crippen LogP contribution is -2.12. The molecule has 0 saturated carbocycles. The fourth-order valence-corrected chi connectivity index (χ4v) is 5.24. The smallest absolute Gasteiger partial charge is 0.197 e. The SMILES string of the molecule is C/N=N/c1ccc2cc(SOOO)c(N=Nc3cc(OC)c(S(=O)(=O)CCOSOOO)cc3O)c(O)c2c1. The van der Waals surface area contributed by atoms with Gasteiger partial charge in [0.1, 0.15) is 27.8 Å². The first kappa shape index (κ1) is 30.4. The Morgan fingerprint density at radius 3 is 2.44 bits per heavy atom. The molecule has 3 rings (SSSR count). The second-order valence-electron chi connectivity index (χ2n) is 7.05. The van der Waals surface area contributed by atoms with Crippen molar-refractivity contribution >= 4 is 62.0 Å². The van der Waals surface area contributed by atoms with Gasteiger partial charge < -0.3 is 14.9 Å². The molecule has 0 aromatic heterocycles. The predicted molar refractivity (Wildman–Crippen MR) is 136 cm³/mol. The number of hydrogen-bond acceptors (Lipinski definition) is 18. The van der Waals surface area contributed by atoms with Gasteiger partial charge in [-0.1, -0.05) is 16.1 Å². The highest BCUT2D eigenvalue weighted by Crippen LogP contribution is 2.46. The Hall–Kier alpha value is -3.11. The Bertz CT molecular complexity index is 1470. The second kappa shape index (κ2) is 14.3. The Balaban J connectivity index is 2.00.